The zero-order chi connectivity index (χ0) is 42.6. The highest BCUT2D eigenvalue weighted by atomic mass is 16.5. The summed E-state index contributed by atoms with van der Waals surface area (Å²) < 4.78 is 11.8. The largest absolute Gasteiger partial charge is 0.496 e. The summed E-state index contributed by atoms with van der Waals surface area (Å²) in [4.78, 5) is 28.0. The number of hydrogen-bond donors (Lipinski definition) is 0. The van der Waals surface area contributed by atoms with Crippen LogP contribution in [-0.2, 0) is 20.4 Å². The molecule has 6 aromatic carbocycles. The fourth-order valence-electron chi connectivity index (χ4n) is 14.5. The lowest BCUT2D eigenvalue weighted by Crippen LogP contribution is -2.48. The van der Waals surface area contributed by atoms with Gasteiger partial charge in [0.05, 0.1) is 14.2 Å². The molecule has 0 unspecified atom stereocenters. The van der Waals surface area contributed by atoms with Crippen molar-refractivity contribution in [1.29, 1.82) is 0 Å². The zero-order valence-electron chi connectivity index (χ0n) is 36.5. The molecule has 0 amide bonds. The summed E-state index contributed by atoms with van der Waals surface area (Å²) in [6, 6.07) is 41.8. The van der Waals surface area contributed by atoms with Gasteiger partial charge in [-0.05, 0) is 217 Å². The molecule has 8 bridgehead atoms. The van der Waals surface area contributed by atoms with Crippen LogP contribution >= 0.6 is 0 Å². The second-order valence-electron chi connectivity index (χ2n) is 20.2. The van der Waals surface area contributed by atoms with E-state index in [9.17, 15) is 4.79 Å². The third-order valence-corrected chi connectivity index (χ3v) is 16.3. The average Bonchev–Trinajstić information content (AvgIpc) is 3.27. The fourth-order valence-corrected chi connectivity index (χ4v) is 14.5. The van der Waals surface area contributed by atoms with Gasteiger partial charge in [0.25, 0.3) is 0 Å². The summed E-state index contributed by atoms with van der Waals surface area (Å²) in [7, 11) is 3.66. The van der Waals surface area contributed by atoms with Gasteiger partial charge in [-0.3, -0.25) is 4.79 Å². The van der Waals surface area contributed by atoms with E-state index in [0.29, 0.717) is 10.8 Å². The van der Waals surface area contributed by atoms with Crippen LogP contribution < -0.4 is 9.47 Å². The molecule has 14 rings (SSSR count). The van der Waals surface area contributed by atoms with Crippen LogP contribution in [0.25, 0.3) is 43.8 Å². The lowest BCUT2D eigenvalue weighted by molar-refractivity contribution is -0.191. The maximum absolute atomic E-state index is 11.7. The molecule has 6 aromatic rings. The van der Waals surface area contributed by atoms with E-state index in [0.717, 1.165) is 58.0 Å². The van der Waals surface area contributed by atoms with Crippen LogP contribution in [-0.4, -0.2) is 26.2 Å². The van der Waals surface area contributed by atoms with E-state index in [1.54, 1.807) is 6.92 Å². The maximum Gasteiger partial charge on any atom is 0.373 e. The summed E-state index contributed by atoms with van der Waals surface area (Å²) in [5.74, 6) is 7.86. The van der Waals surface area contributed by atoms with E-state index in [1.165, 1.54) is 127 Å². The number of ketones is 1. The Hall–Kier alpha value is -5.51. The van der Waals surface area contributed by atoms with Crippen molar-refractivity contribution in [2.24, 2.45) is 35.5 Å². The molecule has 64 heavy (non-hydrogen) atoms. The predicted octanol–water partition coefficient (Wildman–Crippen LogP) is 14.9. The van der Waals surface area contributed by atoms with E-state index in [4.69, 9.17) is 19.1 Å². The van der Waals surface area contributed by atoms with Gasteiger partial charge in [0.15, 0.2) is 5.78 Å². The Balaban J connectivity index is 0.000000161. The number of benzene rings is 6. The molecule has 8 fully saturated rings. The lowest BCUT2D eigenvalue weighted by atomic mass is 9.48. The Labute approximate surface area is 381 Å². The Bertz CT molecular complexity index is 2630. The van der Waals surface area contributed by atoms with Crippen LogP contribution in [0.3, 0.4) is 0 Å². The van der Waals surface area contributed by atoms with Crippen molar-refractivity contribution in [3.63, 3.8) is 0 Å². The highest BCUT2D eigenvalue weighted by Gasteiger charge is 2.54. The Morgan fingerprint density at radius 1 is 0.469 bits per heavy atom. The molecule has 0 saturated heterocycles. The first-order valence-corrected chi connectivity index (χ1v) is 23.1. The number of methoxy groups -OCH3 is 2. The molecular formula is C59H66O5. The molecule has 5 nitrogen and oxygen atoms in total. The Morgan fingerprint density at radius 2 is 0.797 bits per heavy atom. The minimum absolute atomic E-state index is 0. The van der Waals surface area contributed by atoms with Gasteiger partial charge < -0.3 is 9.47 Å². The molecule has 0 aromatic heterocycles. The topological polar surface area (TPSA) is 69.7 Å². The van der Waals surface area contributed by atoms with Crippen LogP contribution in [0.5, 0.6) is 11.5 Å². The zero-order valence-corrected chi connectivity index (χ0v) is 36.5. The lowest BCUT2D eigenvalue weighted by Gasteiger charge is -2.57. The van der Waals surface area contributed by atoms with Crippen molar-refractivity contribution in [3.8, 4) is 33.8 Å². The number of Topliss-reactive ketones (excluding diaryl/α,β-unsaturated/α-hetero) is 1. The first-order chi connectivity index (χ1) is 30.2. The Kier molecular flexibility index (Phi) is 12.8. The molecule has 0 aliphatic heterocycles. The molecule has 8 saturated carbocycles. The van der Waals surface area contributed by atoms with Crippen molar-refractivity contribution in [3.05, 3.63) is 132 Å². The van der Waals surface area contributed by atoms with Crippen molar-refractivity contribution < 1.29 is 23.9 Å². The second kappa shape index (κ2) is 18.2. The molecule has 0 radical (unpaired) electrons. The summed E-state index contributed by atoms with van der Waals surface area (Å²) in [6.07, 6.45) is 17.2. The van der Waals surface area contributed by atoms with E-state index in [1.807, 2.05) is 26.4 Å². The third kappa shape index (κ3) is 8.33. The van der Waals surface area contributed by atoms with Gasteiger partial charge in [-0.2, -0.15) is 9.59 Å². The number of fused-ring (bicyclic) bond motifs is 2. The van der Waals surface area contributed by atoms with E-state index in [2.05, 4.69) is 103 Å². The second-order valence-corrected chi connectivity index (χ2v) is 20.2. The molecule has 8 aliphatic carbocycles. The summed E-state index contributed by atoms with van der Waals surface area (Å²) in [5.41, 5.74) is 9.51. The highest BCUT2D eigenvalue weighted by Crippen LogP contribution is 2.63. The predicted molar refractivity (Wildman–Crippen MR) is 260 cm³/mol. The number of carbonyl (C=O) groups is 1. The summed E-state index contributed by atoms with van der Waals surface area (Å²) in [6.45, 7) is 1.62. The summed E-state index contributed by atoms with van der Waals surface area (Å²) >= 11 is 0. The molecule has 0 heterocycles. The first-order valence-electron chi connectivity index (χ1n) is 23.1. The summed E-state index contributed by atoms with van der Waals surface area (Å²) in [5, 5.41) is 4.91. The fraction of sp³-hybridized carbons (Fsp3) is 0.424. The number of carbonyl (C=O) groups excluding carboxylic acids is 3. The van der Waals surface area contributed by atoms with Crippen molar-refractivity contribution in [1.82, 2.24) is 0 Å². The number of rotatable bonds is 7. The van der Waals surface area contributed by atoms with Gasteiger partial charge in [-0.25, -0.2) is 0 Å². The third-order valence-electron chi connectivity index (χ3n) is 16.3. The molecule has 0 spiro atoms. The first kappa shape index (κ1) is 45.1. The maximum atomic E-state index is 11.7. The molecule has 5 heteroatoms. The molecule has 0 atom stereocenters. The van der Waals surface area contributed by atoms with Gasteiger partial charge in [-0.15, -0.1) is 0 Å². The minimum Gasteiger partial charge on any atom is -0.496 e. The molecular weight excluding hydrogens is 789 g/mol. The van der Waals surface area contributed by atoms with Gasteiger partial charge >= 0.3 is 6.15 Å². The van der Waals surface area contributed by atoms with Crippen LogP contribution in [0.1, 0.15) is 120 Å². The highest BCUT2D eigenvalue weighted by molar-refractivity contribution is 5.99. The van der Waals surface area contributed by atoms with E-state index >= 15 is 0 Å². The average molecular weight is 855 g/mol. The Morgan fingerprint density at radius 3 is 1.20 bits per heavy atom. The van der Waals surface area contributed by atoms with Gasteiger partial charge in [0, 0.05) is 16.7 Å². The van der Waals surface area contributed by atoms with Crippen LogP contribution in [0.15, 0.2) is 115 Å². The van der Waals surface area contributed by atoms with Gasteiger partial charge in [0.2, 0.25) is 0 Å². The molecule has 0 N–H and O–H groups in total. The van der Waals surface area contributed by atoms with E-state index in [-0.39, 0.29) is 26.8 Å². The van der Waals surface area contributed by atoms with Crippen molar-refractivity contribution in [2.75, 3.05) is 14.2 Å². The quantitative estimate of drug-likeness (QED) is 0.150. The SMILES string of the molecule is C.C.COc1ccc(-c2ccc3cc(C(C)=O)ccc3c2)cc1C12CC3CC(CC(C3)C1)C2.COc1ccc(-c2ccc3ccccc3c2)cc1C12CC3CC(CC(C3)C1)C2.O=C=O. The standard InChI is InChI=1S/C29H30O2.C27H28O.CO2.2CH4/c1-18(30)22-3-4-24-13-25(6-5-23(24)12-22)26-7-8-28(31-2)27(14-26)29-15-19-9-20(16-29)11-21(10-19)17-29;1-28-26-9-8-24(23-7-6-21-4-2-3-5-22(21)13-23)14-25(26)27-15-18-10-19(16-27)12-20(11-18)17-27;2-1-3;;/h3-8,12-14,19-21H,9-11,15-17H2,1-2H3;2-9,13-14,18-20H,10-12,15-17H2,1H3;;2*1H4. The van der Waals surface area contributed by atoms with Crippen molar-refractivity contribution >= 4 is 33.5 Å². The van der Waals surface area contributed by atoms with Crippen LogP contribution in [0, 0.1) is 35.5 Å². The normalized spacial score (nSPS) is 27.5. The number of ether oxygens (including phenoxy) is 2. The van der Waals surface area contributed by atoms with E-state index < -0.39 is 0 Å². The van der Waals surface area contributed by atoms with Crippen LogP contribution in [0.4, 0.5) is 0 Å². The smallest absolute Gasteiger partial charge is 0.373 e. The van der Waals surface area contributed by atoms with Gasteiger partial charge in [0.1, 0.15) is 11.5 Å². The minimum atomic E-state index is 0. The number of hydrogen-bond acceptors (Lipinski definition) is 5. The van der Waals surface area contributed by atoms with Crippen LogP contribution in [0.2, 0.25) is 0 Å². The monoisotopic (exact) mass is 854 g/mol. The molecule has 332 valence electrons. The molecule has 8 aliphatic rings. The van der Waals surface area contributed by atoms with Crippen molar-refractivity contribution in [2.45, 2.75) is 110 Å². The van der Waals surface area contributed by atoms with Gasteiger partial charge in [-0.1, -0.05) is 87.6 Å².